The lowest BCUT2D eigenvalue weighted by atomic mass is 10.3. The highest BCUT2D eigenvalue weighted by molar-refractivity contribution is 6.42. The summed E-state index contributed by atoms with van der Waals surface area (Å²) < 4.78 is 0. The number of carbonyl (C=O) groups excluding carboxylic acids is 2. The summed E-state index contributed by atoms with van der Waals surface area (Å²) in [6.07, 6.45) is 0.770. The van der Waals surface area contributed by atoms with E-state index in [9.17, 15) is 9.59 Å². The van der Waals surface area contributed by atoms with Gasteiger partial charge in [-0.05, 0) is 24.6 Å². The van der Waals surface area contributed by atoms with E-state index in [1.165, 1.54) is 6.07 Å². The summed E-state index contributed by atoms with van der Waals surface area (Å²) in [5, 5.41) is 5.60. The van der Waals surface area contributed by atoms with Gasteiger partial charge in [-0.15, -0.1) is 0 Å². The molecule has 0 saturated heterocycles. The zero-order chi connectivity index (χ0) is 12.8. The Bertz CT molecular complexity index is 435. The zero-order valence-corrected chi connectivity index (χ0v) is 10.7. The lowest BCUT2D eigenvalue weighted by Gasteiger charge is -2.06. The van der Waals surface area contributed by atoms with E-state index in [4.69, 9.17) is 23.2 Å². The van der Waals surface area contributed by atoms with Crippen molar-refractivity contribution in [3.63, 3.8) is 0 Å². The van der Waals surface area contributed by atoms with Crippen LogP contribution in [0.15, 0.2) is 18.2 Å². The molecule has 0 bridgehead atoms. The molecule has 6 heteroatoms. The van der Waals surface area contributed by atoms with Crippen LogP contribution in [0, 0.1) is 0 Å². The Hall–Kier alpha value is -1.26. The summed E-state index contributed by atoms with van der Waals surface area (Å²) in [7, 11) is 0. The van der Waals surface area contributed by atoms with Crippen molar-refractivity contribution in [2.45, 2.75) is 13.3 Å². The lowest BCUT2D eigenvalue weighted by molar-refractivity contribution is -0.136. The summed E-state index contributed by atoms with van der Waals surface area (Å²) in [5.41, 5.74) is 0.427. The second-order valence-electron chi connectivity index (χ2n) is 3.34. The Morgan fingerprint density at radius 1 is 1.18 bits per heavy atom. The summed E-state index contributed by atoms with van der Waals surface area (Å²) in [5.74, 6) is -1.39. The molecule has 0 aliphatic rings. The number of carbonyl (C=O) groups is 2. The van der Waals surface area contributed by atoms with Crippen molar-refractivity contribution in [1.29, 1.82) is 0 Å². The molecule has 0 aliphatic heterocycles. The van der Waals surface area contributed by atoms with Crippen LogP contribution >= 0.6 is 23.2 Å². The van der Waals surface area contributed by atoms with Gasteiger partial charge in [-0.1, -0.05) is 30.1 Å². The van der Waals surface area contributed by atoms with E-state index in [1.54, 1.807) is 12.1 Å². The van der Waals surface area contributed by atoms with Gasteiger partial charge >= 0.3 is 11.8 Å². The number of anilines is 1. The SMILES string of the molecule is CCCNC(=O)C(=O)Nc1ccc(Cl)c(Cl)c1. The van der Waals surface area contributed by atoms with Crippen LogP contribution in [0.4, 0.5) is 5.69 Å². The fourth-order valence-corrected chi connectivity index (χ4v) is 1.38. The van der Waals surface area contributed by atoms with E-state index in [-0.39, 0.29) is 0 Å². The molecule has 0 radical (unpaired) electrons. The van der Waals surface area contributed by atoms with Gasteiger partial charge in [-0.3, -0.25) is 9.59 Å². The average Bonchev–Trinajstić information content (AvgIpc) is 2.30. The van der Waals surface area contributed by atoms with Gasteiger partial charge in [0.15, 0.2) is 0 Å². The molecule has 0 spiro atoms. The van der Waals surface area contributed by atoms with Gasteiger partial charge in [0.1, 0.15) is 0 Å². The first kappa shape index (κ1) is 13.8. The average molecular weight is 275 g/mol. The molecule has 2 amide bonds. The molecule has 0 unspecified atom stereocenters. The molecule has 1 aromatic carbocycles. The first-order valence-electron chi connectivity index (χ1n) is 5.08. The van der Waals surface area contributed by atoms with Crippen molar-refractivity contribution in [1.82, 2.24) is 5.32 Å². The van der Waals surface area contributed by atoms with E-state index in [0.29, 0.717) is 22.3 Å². The lowest BCUT2D eigenvalue weighted by Crippen LogP contribution is -2.35. The summed E-state index contributed by atoms with van der Waals surface area (Å²) in [4.78, 5) is 22.7. The molecular weight excluding hydrogens is 263 g/mol. The van der Waals surface area contributed by atoms with Crippen molar-refractivity contribution < 1.29 is 9.59 Å². The number of hydrogen-bond donors (Lipinski definition) is 2. The van der Waals surface area contributed by atoms with Crippen LogP contribution in [0.1, 0.15) is 13.3 Å². The minimum absolute atomic E-state index is 0.318. The number of rotatable bonds is 3. The van der Waals surface area contributed by atoms with Gasteiger partial charge in [-0.2, -0.15) is 0 Å². The molecule has 17 heavy (non-hydrogen) atoms. The van der Waals surface area contributed by atoms with Crippen molar-refractivity contribution in [3.8, 4) is 0 Å². The van der Waals surface area contributed by atoms with E-state index < -0.39 is 11.8 Å². The summed E-state index contributed by atoms with van der Waals surface area (Å²) in [6.45, 7) is 2.37. The smallest absolute Gasteiger partial charge is 0.313 e. The Kier molecular flexibility index (Phi) is 5.25. The Labute approximate surface area is 109 Å². The number of hydrogen-bond acceptors (Lipinski definition) is 2. The van der Waals surface area contributed by atoms with Crippen LogP contribution in [0.5, 0.6) is 0 Å². The third kappa shape index (κ3) is 4.24. The van der Waals surface area contributed by atoms with Crippen LogP contribution < -0.4 is 10.6 Å². The largest absolute Gasteiger partial charge is 0.348 e. The van der Waals surface area contributed by atoms with Gasteiger partial charge in [0, 0.05) is 12.2 Å². The maximum atomic E-state index is 11.4. The molecule has 0 atom stereocenters. The van der Waals surface area contributed by atoms with Crippen LogP contribution in [0.3, 0.4) is 0 Å². The number of amides is 2. The third-order valence-electron chi connectivity index (χ3n) is 1.92. The normalized spacial score (nSPS) is 9.82. The minimum atomic E-state index is -0.725. The van der Waals surface area contributed by atoms with Crippen LogP contribution in [-0.4, -0.2) is 18.4 Å². The predicted molar refractivity (Wildman–Crippen MR) is 68.4 cm³/mol. The molecule has 4 nitrogen and oxygen atoms in total. The maximum absolute atomic E-state index is 11.4. The molecule has 0 saturated carbocycles. The fraction of sp³-hybridized carbons (Fsp3) is 0.273. The molecule has 0 aliphatic carbocycles. The molecule has 0 fully saturated rings. The minimum Gasteiger partial charge on any atom is -0.348 e. The first-order chi connectivity index (χ1) is 8.04. The van der Waals surface area contributed by atoms with E-state index in [1.807, 2.05) is 6.92 Å². The second kappa shape index (κ2) is 6.47. The zero-order valence-electron chi connectivity index (χ0n) is 9.22. The molecule has 0 heterocycles. The molecule has 0 aromatic heterocycles. The molecule has 92 valence electrons. The Morgan fingerprint density at radius 2 is 1.88 bits per heavy atom. The van der Waals surface area contributed by atoms with Crippen LogP contribution in [-0.2, 0) is 9.59 Å². The topological polar surface area (TPSA) is 58.2 Å². The van der Waals surface area contributed by atoms with Gasteiger partial charge in [0.25, 0.3) is 0 Å². The van der Waals surface area contributed by atoms with Crippen LogP contribution in [0.25, 0.3) is 0 Å². The summed E-state index contributed by atoms with van der Waals surface area (Å²) in [6, 6.07) is 4.59. The second-order valence-corrected chi connectivity index (χ2v) is 4.15. The van der Waals surface area contributed by atoms with E-state index in [0.717, 1.165) is 6.42 Å². The molecular formula is C11H12Cl2N2O2. The Morgan fingerprint density at radius 3 is 2.47 bits per heavy atom. The van der Waals surface area contributed by atoms with Gasteiger partial charge in [0.05, 0.1) is 10.0 Å². The third-order valence-corrected chi connectivity index (χ3v) is 2.66. The van der Waals surface area contributed by atoms with Crippen molar-refractivity contribution >= 4 is 40.7 Å². The Balaban J connectivity index is 2.61. The number of halogens is 2. The van der Waals surface area contributed by atoms with E-state index in [2.05, 4.69) is 10.6 Å². The molecule has 1 rings (SSSR count). The number of nitrogens with one attached hydrogen (secondary N) is 2. The quantitative estimate of drug-likeness (QED) is 0.832. The maximum Gasteiger partial charge on any atom is 0.313 e. The van der Waals surface area contributed by atoms with Gasteiger partial charge in [-0.25, -0.2) is 0 Å². The highest BCUT2D eigenvalue weighted by Gasteiger charge is 2.12. The highest BCUT2D eigenvalue weighted by atomic mass is 35.5. The standard InChI is InChI=1S/C11H12Cl2N2O2/c1-2-5-14-10(16)11(17)15-7-3-4-8(12)9(13)6-7/h3-4,6H,2,5H2,1H3,(H,14,16)(H,15,17). The van der Waals surface area contributed by atoms with Gasteiger partial charge < -0.3 is 10.6 Å². The number of benzene rings is 1. The van der Waals surface area contributed by atoms with Crippen molar-refractivity contribution in [2.24, 2.45) is 0 Å². The molecule has 2 N–H and O–H groups in total. The highest BCUT2D eigenvalue weighted by Crippen LogP contribution is 2.24. The first-order valence-corrected chi connectivity index (χ1v) is 5.84. The van der Waals surface area contributed by atoms with E-state index >= 15 is 0 Å². The monoisotopic (exact) mass is 274 g/mol. The van der Waals surface area contributed by atoms with Crippen LogP contribution in [0.2, 0.25) is 10.0 Å². The van der Waals surface area contributed by atoms with Crippen molar-refractivity contribution in [3.05, 3.63) is 28.2 Å². The van der Waals surface area contributed by atoms with Crippen molar-refractivity contribution in [2.75, 3.05) is 11.9 Å². The predicted octanol–water partition coefficient (Wildman–Crippen LogP) is 2.46. The summed E-state index contributed by atoms with van der Waals surface area (Å²) >= 11 is 11.5. The molecule has 1 aromatic rings. The fourth-order valence-electron chi connectivity index (χ4n) is 1.08. The van der Waals surface area contributed by atoms with Gasteiger partial charge in [0.2, 0.25) is 0 Å².